The fourth-order valence-corrected chi connectivity index (χ4v) is 3.08. The summed E-state index contributed by atoms with van der Waals surface area (Å²) in [4.78, 5) is 16.7. The lowest BCUT2D eigenvalue weighted by atomic mass is 10.2. The first-order valence-corrected chi connectivity index (χ1v) is 9.33. The van der Waals surface area contributed by atoms with E-state index in [-0.39, 0.29) is 30.5 Å². The van der Waals surface area contributed by atoms with Gasteiger partial charge in [0.1, 0.15) is 23.9 Å². The van der Waals surface area contributed by atoms with Gasteiger partial charge in [-0.25, -0.2) is 8.78 Å². The van der Waals surface area contributed by atoms with Gasteiger partial charge < -0.3 is 14.4 Å². The summed E-state index contributed by atoms with van der Waals surface area (Å²) < 4.78 is 33.6. The zero-order valence-corrected chi connectivity index (χ0v) is 16.2. The summed E-state index contributed by atoms with van der Waals surface area (Å²) in [6.45, 7) is -0.0962. The lowest BCUT2D eigenvalue weighted by Gasteiger charge is -2.09. The van der Waals surface area contributed by atoms with Crippen LogP contribution in [-0.2, 0) is 17.9 Å². The van der Waals surface area contributed by atoms with E-state index >= 15 is 0 Å². The van der Waals surface area contributed by atoms with Crippen LogP contribution in [0.3, 0.4) is 0 Å². The monoisotopic (exact) mass is 428 g/mol. The molecule has 2 heterocycles. The van der Waals surface area contributed by atoms with Crippen molar-refractivity contribution in [2.75, 3.05) is 0 Å². The van der Waals surface area contributed by atoms with Gasteiger partial charge in [0.2, 0.25) is 11.7 Å². The van der Waals surface area contributed by atoms with E-state index in [1.807, 2.05) is 6.07 Å². The molecule has 152 valence electrons. The van der Waals surface area contributed by atoms with Crippen LogP contribution >= 0.6 is 11.6 Å². The van der Waals surface area contributed by atoms with Crippen LogP contribution in [-0.4, -0.2) is 20.6 Å². The molecule has 6 nitrogen and oxygen atoms in total. The van der Waals surface area contributed by atoms with E-state index in [4.69, 9.17) is 16.1 Å². The molecule has 0 aliphatic heterocycles. The predicted molar refractivity (Wildman–Crippen MR) is 106 cm³/mol. The van der Waals surface area contributed by atoms with Crippen LogP contribution < -0.4 is 5.32 Å². The number of aromatic nitrogens is 3. The largest absolute Gasteiger partial charge is 0.350 e. The molecule has 0 atom stereocenters. The number of hydrogen-bond donors (Lipinski definition) is 1. The molecule has 0 radical (unpaired) electrons. The van der Waals surface area contributed by atoms with E-state index in [1.54, 1.807) is 41.1 Å². The lowest BCUT2D eigenvalue weighted by molar-refractivity contribution is -0.121. The number of amides is 1. The predicted octanol–water partition coefficient (Wildman–Crippen LogP) is 4.45. The zero-order valence-electron chi connectivity index (χ0n) is 15.5. The molecule has 0 aliphatic carbocycles. The number of rotatable bonds is 6. The highest BCUT2D eigenvalue weighted by molar-refractivity contribution is 6.30. The van der Waals surface area contributed by atoms with Crippen LogP contribution in [0.1, 0.15) is 5.56 Å². The molecule has 0 bridgehead atoms. The minimum atomic E-state index is -0.712. The van der Waals surface area contributed by atoms with Gasteiger partial charge in [-0.2, -0.15) is 4.98 Å². The van der Waals surface area contributed by atoms with Gasteiger partial charge in [0.15, 0.2) is 0 Å². The van der Waals surface area contributed by atoms with Gasteiger partial charge in [0.25, 0.3) is 5.89 Å². The van der Waals surface area contributed by atoms with Crippen molar-refractivity contribution in [3.8, 4) is 23.0 Å². The second-order valence-corrected chi connectivity index (χ2v) is 6.90. The Bertz CT molecular complexity index is 1210. The molecule has 1 amide bonds. The normalized spacial score (nSPS) is 10.9. The summed E-state index contributed by atoms with van der Waals surface area (Å²) >= 11 is 6.00. The third kappa shape index (κ3) is 4.38. The molecule has 4 rings (SSSR count). The molecular formula is C21H15ClF2N4O2. The van der Waals surface area contributed by atoms with Gasteiger partial charge in [-0.05, 0) is 30.3 Å². The Balaban J connectivity index is 1.45. The number of carbonyl (C=O) groups is 1. The highest BCUT2D eigenvalue weighted by Gasteiger charge is 2.16. The maximum Gasteiger partial charge on any atom is 0.274 e. The van der Waals surface area contributed by atoms with Crippen LogP contribution in [0.15, 0.2) is 65.3 Å². The highest BCUT2D eigenvalue weighted by Crippen LogP contribution is 2.24. The molecule has 0 saturated heterocycles. The first-order valence-electron chi connectivity index (χ1n) is 8.95. The average molecular weight is 429 g/mol. The standard InChI is InChI=1S/C21H15ClF2N4O2/c22-15-4-1-3-13(9-15)20-26-21(30-27-20)18-5-2-8-28(18)12-19(29)25-11-14-6-7-16(23)10-17(14)24/h1-10H,11-12H2,(H,25,29). The highest BCUT2D eigenvalue weighted by atomic mass is 35.5. The van der Waals surface area contributed by atoms with Gasteiger partial charge in [-0.15, -0.1) is 0 Å². The maximum atomic E-state index is 13.7. The SMILES string of the molecule is O=C(Cn1cccc1-c1nc(-c2cccc(Cl)c2)no1)NCc1ccc(F)cc1F. The number of carbonyl (C=O) groups excluding carboxylic acids is 1. The van der Waals surface area contributed by atoms with E-state index in [2.05, 4.69) is 15.5 Å². The third-order valence-corrected chi connectivity index (χ3v) is 4.60. The van der Waals surface area contributed by atoms with E-state index in [0.29, 0.717) is 22.1 Å². The molecule has 0 fully saturated rings. The van der Waals surface area contributed by atoms with Gasteiger partial charge in [-0.3, -0.25) is 4.79 Å². The summed E-state index contributed by atoms with van der Waals surface area (Å²) in [7, 11) is 0. The van der Waals surface area contributed by atoms with Gasteiger partial charge in [0.05, 0.1) is 0 Å². The second kappa shape index (κ2) is 8.46. The van der Waals surface area contributed by atoms with Crippen molar-refractivity contribution in [1.82, 2.24) is 20.0 Å². The smallest absolute Gasteiger partial charge is 0.274 e. The first kappa shape index (κ1) is 19.8. The molecule has 0 aliphatic rings. The molecule has 0 spiro atoms. The summed E-state index contributed by atoms with van der Waals surface area (Å²) in [5.74, 6) is -1.12. The average Bonchev–Trinajstić information content (AvgIpc) is 3.36. The fourth-order valence-electron chi connectivity index (χ4n) is 2.89. The number of halogens is 3. The maximum absolute atomic E-state index is 13.7. The van der Waals surface area contributed by atoms with Crippen LogP contribution in [0.2, 0.25) is 5.02 Å². The van der Waals surface area contributed by atoms with Crippen molar-refractivity contribution in [1.29, 1.82) is 0 Å². The number of nitrogens with one attached hydrogen (secondary N) is 1. The summed E-state index contributed by atoms with van der Waals surface area (Å²) in [5, 5.41) is 7.13. The molecule has 30 heavy (non-hydrogen) atoms. The Morgan fingerprint density at radius 3 is 2.80 bits per heavy atom. The topological polar surface area (TPSA) is 73.0 Å². The quantitative estimate of drug-likeness (QED) is 0.492. The Morgan fingerprint density at radius 2 is 2.00 bits per heavy atom. The lowest BCUT2D eigenvalue weighted by Crippen LogP contribution is -2.27. The minimum Gasteiger partial charge on any atom is -0.350 e. The van der Waals surface area contributed by atoms with Gasteiger partial charge in [-0.1, -0.05) is 35.0 Å². The van der Waals surface area contributed by atoms with Crippen molar-refractivity contribution in [2.24, 2.45) is 0 Å². The molecular weight excluding hydrogens is 414 g/mol. The van der Waals surface area contributed by atoms with Crippen molar-refractivity contribution in [3.05, 3.63) is 83.0 Å². The van der Waals surface area contributed by atoms with Crippen molar-refractivity contribution >= 4 is 17.5 Å². The summed E-state index contributed by atoms with van der Waals surface area (Å²) in [5.41, 5.74) is 1.45. The first-order chi connectivity index (χ1) is 14.5. The van der Waals surface area contributed by atoms with Crippen LogP contribution in [0.5, 0.6) is 0 Å². The van der Waals surface area contributed by atoms with E-state index < -0.39 is 11.6 Å². The Kier molecular flexibility index (Phi) is 5.58. The molecule has 9 heteroatoms. The number of nitrogens with zero attached hydrogens (tertiary/aromatic N) is 3. The van der Waals surface area contributed by atoms with Crippen LogP contribution in [0.25, 0.3) is 23.0 Å². The molecule has 1 N–H and O–H groups in total. The second-order valence-electron chi connectivity index (χ2n) is 6.47. The zero-order chi connectivity index (χ0) is 21.1. The molecule has 0 saturated carbocycles. The third-order valence-electron chi connectivity index (χ3n) is 4.36. The van der Waals surface area contributed by atoms with Crippen molar-refractivity contribution in [3.63, 3.8) is 0 Å². The fraction of sp³-hybridized carbons (Fsp3) is 0.0952. The van der Waals surface area contributed by atoms with Crippen molar-refractivity contribution in [2.45, 2.75) is 13.1 Å². The molecule has 4 aromatic rings. The van der Waals surface area contributed by atoms with Crippen LogP contribution in [0.4, 0.5) is 8.78 Å². The molecule has 2 aromatic carbocycles. The van der Waals surface area contributed by atoms with Gasteiger partial charge >= 0.3 is 0 Å². The Labute approximate surface area is 175 Å². The van der Waals surface area contributed by atoms with E-state index in [0.717, 1.165) is 12.1 Å². The minimum absolute atomic E-state index is 0.0416. The molecule has 2 aromatic heterocycles. The Hall–Kier alpha value is -3.52. The molecule has 0 unspecified atom stereocenters. The van der Waals surface area contributed by atoms with Crippen molar-refractivity contribution < 1.29 is 18.1 Å². The van der Waals surface area contributed by atoms with E-state index in [9.17, 15) is 13.6 Å². The van der Waals surface area contributed by atoms with E-state index in [1.165, 1.54) is 6.07 Å². The number of benzene rings is 2. The number of hydrogen-bond acceptors (Lipinski definition) is 4. The summed E-state index contributed by atoms with van der Waals surface area (Å²) in [6, 6.07) is 13.7. The Morgan fingerprint density at radius 1 is 1.13 bits per heavy atom. The summed E-state index contributed by atoms with van der Waals surface area (Å²) in [6.07, 6.45) is 1.69. The van der Waals surface area contributed by atoms with Crippen LogP contribution in [0, 0.1) is 11.6 Å². The van der Waals surface area contributed by atoms with Gasteiger partial charge in [0, 0.05) is 35.0 Å².